The summed E-state index contributed by atoms with van der Waals surface area (Å²) in [5.74, 6) is -0.133. The molecule has 8 heteroatoms. The summed E-state index contributed by atoms with van der Waals surface area (Å²) in [4.78, 5) is 35.8. The van der Waals surface area contributed by atoms with Crippen LogP contribution in [-0.2, 0) is 9.53 Å². The number of esters is 1. The summed E-state index contributed by atoms with van der Waals surface area (Å²) >= 11 is 0. The van der Waals surface area contributed by atoms with Gasteiger partial charge in [-0.2, -0.15) is 0 Å². The van der Waals surface area contributed by atoms with Crippen molar-refractivity contribution in [2.75, 3.05) is 13.7 Å². The van der Waals surface area contributed by atoms with E-state index in [1.807, 2.05) is 13.8 Å². The maximum Gasteiger partial charge on any atom is 0.339 e. The Morgan fingerprint density at radius 2 is 1.85 bits per heavy atom. The Hall–Kier alpha value is -2.77. The summed E-state index contributed by atoms with van der Waals surface area (Å²) in [6, 6.07) is 4.18. The van der Waals surface area contributed by atoms with Gasteiger partial charge in [-0.15, -0.1) is 0 Å². The van der Waals surface area contributed by atoms with E-state index in [0.29, 0.717) is 24.0 Å². The second kappa shape index (κ2) is 9.25. The van der Waals surface area contributed by atoms with Crippen LogP contribution in [0.25, 0.3) is 0 Å². The number of hydrogen-bond donors (Lipinski definition) is 2. The number of hydrogen-bond acceptors (Lipinski definition) is 6. The smallest absolute Gasteiger partial charge is 0.339 e. The fourth-order valence-corrected chi connectivity index (χ4v) is 2.12. The van der Waals surface area contributed by atoms with Crippen molar-refractivity contribution in [3.05, 3.63) is 23.8 Å². The molecule has 27 heavy (non-hydrogen) atoms. The Bertz CT molecular complexity index is 699. The van der Waals surface area contributed by atoms with E-state index in [4.69, 9.17) is 14.2 Å². The van der Waals surface area contributed by atoms with Crippen molar-refractivity contribution in [2.24, 2.45) is 5.92 Å². The molecule has 1 aliphatic rings. The van der Waals surface area contributed by atoms with Gasteiger partial charge in [-0.25, -0.2) is 9.59 Å². The van der Waals surface area contributed by atoms with Crippen LogP contribution in [0, 0.1) is 5.92 Å². The zero-order valence-electron chi connectivity index (χ0n) is 16.0. The number of carbonyl (C=O) groups is 3. The summed E-state index contributed by atoms with van der Waals surface area (Å²) in [6.45, 7) is 5.96. The minimum Gasteiger partial charge on any atom is -0.493 e. The lowest BCUT2D eigenvalue weighted by Crippen LogP contribution is -2.45. The number of benzene rings is 1. The third-order valence-corrected chi connectivity index (χ3v) is 3.77. The van der Waals surface area contributed by atoms with Gasteiger partial charge in [-0.05, 0) is 43.9 Å². The van der Waals surface area contributed by atoms with Crippen LogP contribution in [0.5, 0.6) is 11.5 Å². The third-order valence-electron chi connectivity index (χ3n) is 3.77. The molecule has 0 heterocycles. The Labute approximate surface area is 158 Å². The average molecular weight is 378 g/mol. The molecule has 0 aliphatic heterocycles. The molecule has 0 radical (unpaired) electrons. The minimum atomic E-state index is -1.12. The van der Waals surface area contributed by atoms with Crippen LogP contribution in [0.4, 0.5) is 4.79 Å². The van der Waals surface area contributed by atoms with Gasteiger partial charge in [0, 0.05) is 6.04 Å². The highest BCUT2D eigenvalue weighted by Gasteiger charge is 2.26. The summed E-state index contributed by atoms with van der Waals surface area (Å²) in [5, 5.41) is 4.78. The SMILES string of the molecule is COc1cc(C(=O)O[C@H](C)C(=O)NC(=O)NC2CC2)ccc1OCC(C)C. The first-order valence-electron chi connectivity index (χ1n) is 8.93. The van der Waals surface area contributed by atoms with Crippen molar-refractivity contribution in [1.82, 2.24) is 10.6 Å². The lowest BCUT2D eigenvalue weighted by Gasteiger charge is -2.15. The predicted molar refractivity (Wildman–Crippen MR) is 97.9 cm³/mol. The van der Waals surface area contributed by atoms with E-state index in [9.17, 15) is 14.4 Å². The number of ether oxygens (including phenoxy) is 3. The number of carbonyl (C=O) groups excluding carboxylic acids is 3. The molecular weight excluding hydrogens is 352 g/mol. The summed E-state index contributed by atoms with van der Waals surface area (Å²) < 4.78 is 16.0. The van der Waals surface area contributed by atoms with Crippen LogP contribution in [0.1, 0.15) is 44.0 Å². The Balaban J connectivity index is 1.93. The van der Waals surface area contributed by atoms with Gasteiger partial charge in [-0.3, -0.25) is 10.1 Å². The molecule has 1 atom stereocenters. The van der Waals surface area contributed by atoms with Gasteiger partial charge in [0.25, 0.3) is 5.91 Å². The van der Waals surface area contributed by atoms with Crippen LogP contribution in [0.3, 0.4) is 0 Å². The van der Waals surface area contributed by atoms with E-state index in [1.54, 1.807) is 6.07 Å². The molecule has 0 spiro atoms. The molecule has 148 valence electrons. The van der Waals surface area contributed by atoms with Crippen LogP contribution < -0.4 is 20.1 Å². The summed E-state index contributed by atoms with van der Waals surface area (Å²) in [7, 11) is 1.47. The van der Waals surface area contributed by atoms with Gasteiger partial charge >= 0.3 is 12.0 Å². The van der Waals surface area contributed by atoms with Crippen molar-refractivity contribution in [3.8, 4) is 11.5 Å². The van der Waals surface area contributed by atoms with Crippen molar-refractivity contribution in [3.63, 3.8) is 0 Å². The van der Waals surface area contributed by atoms with E-state index < -0.39 is 24.0 Å². The number of urea groups is 1. The normalized spacial score (nSPS) is 14.3. The number of amides is 3. The Kier molecular flexibility index (Phi) is 7.04. The highest BCUT2D eigenvalue weighted by atomic mass is 16.5. The number of imide groups is 1. The first-order chi connectivity index (χ1) is 12.8. The molecular formula is C19H26N2O6. The van der Waals surface area contributed by atoms with Crippen molar-refractivity contribution < 1.29 is 28.6 Å². The van der Waals surface area contributed by atoms with Gasteiger partial charge < -0.3 is 19.5 Å². The quantitative estimate of drug-likeness (QED) is 0.673. The lowest BCUT2D eigenvalue weighted by molar-refractivity contribution is -0.127. The second-order valence-electron chi connectivity index (χ2n) is 6.86. The van der Waals surface area contributed by atoms with Gasteiger partial charge in [0.15, 0.2) is 17.6 Å². The molecule has 1 fully saturated rings. The van der Waals surface area contributed by atoms with Crippen molar-refractivity contribution in [2.45, 2.75) is 45.8 Å². The summed E-state index contributed by atoms with van der Waals surface area (Å²) in [5.41, 5.74) is 0.214. The Morgan fingerprint density at radius 1 is 1.15 bits per heavy atom. The monoisotopic (exact) mass is 378 g/mol. The molecule has 1 saturated carbocycles. The zero-order chi connectivity index (χ0) is 20.0. The van der Waals surface area contributed by atoms with E-state index in [1.165, 1.54) is 26.2 Å². The minimum absolute atomic E-state index is 0.125. The largest absolute Gasteiger partial charge is 0.493 e. The molecule has 2 rings (SSSR count). The van der Waals surface area contributed by atoms with Gasteiger partial charge in [0.05, 0.1) is 19.3 Å². The molecule has 2 N–H and O–H groups in total. The average Bonchev–Trinajstić information content (AvgIpc) is 3.43. The van der Waals surface area contributed by atoms with Crippen LogP contribution in [0.15, 0.2) is 18.2 Å². The molecule has 1 aromatic carbocycles. The number of methoxy groups -OCH3 is 1. The number of rotatable bonds is 8. The molecule has 0 saturated heterocycles. The fraction of sp³-hybridized carbons (Fsp3) is 0.526. The topological polar surface area (TPSA) is 103 Å². The second-order valence-corrected chi connectivity index (χ2v) is 6.86. The maximum atomic E-state index is 12.3. The van der Waals surface area contributed by atoms with Gasteiger partial charge in [0.2, 0.25) is 0 Å². The molecule has 3 amide bonds. The molecule has 0 bridgehead atoms. The zero-order valence-corrected chi connectivity index (χ0v) is 16.0. The van der Waals surface area contributed by atoms with E-state index in [-0.39, 0.29) is 11.6 Å². The standard InChI is InChI=1S/C19H26N2O6/c1-11(2)10-26-15-8-5-13(9-16(15)25-4)18(23)27-12(3)17(22)21-19(24)20-14-6-7-14/h5,8-9,11-12,14H,6-7,10H2,1-4H3,(H2,20,21,22,24)/t12-/m1/s1. The molecule has 0 unspecified atom stereocenters. The Morgan fingerprint density at radius 3 is 2.44 bits per heavy atom. The number of nitrogens with one attached hydrogen (secondary N) is 2. The van der Waals surface area contributed by atoms with Crippen molar-refractivity contribution >= 4 is 17.9 Å². The van der Waals surface area contributed by atoms with Gasteiger partial charge in [0.1, 0.15) is 0 Å². The molecule has 1 aromatic rings. The highest BCUT2D eigenvalue weighted by molar-refractivity contribution is 5.98. The first-order valence-corrected chi connectivity index (χ1v) is 8.93. The summed E-state index contributed by atoms with van der Waals surface area (Å²) in [6.07, 6.45) is 0.695. The molecule has 8 nitrogen and oxygen atoms in total. The van der Waals surface area contributed by atoms with E-state index >= 15 is 0 Å². The predicted octanol–water partition coefficient (Wildman–Crippen LogP) is 2.26. The van der Waals surface area contributed by atoms with Crippen LogP contribution in [-0.4, -0.2) is 43.8 Å². The van der Waals surface area contributed by atoms with E-state index in [0.717, 1.165) is 12.8 Å². The van der Waals surface area contributed by atoms with Crippen LogP contribution in [0.2, 0.25) is 0 Å². The van der Waals surface area contributed by atoms with Crippen LogP contribution >= 0.6 is 0 Å². The van der Waals surface area contributed by atoms with Gasteiger partial charge in [-0.1, -0.05) is 13.8 Å². The van der Waals surface area contributed by atoms with Crippen molar-refractivity contribution in [1.29, 1.82) is 0 Å². The maximum absolute atomic E-state index is 12.3. The van der Waals surface area contributed by atoms with E-state index in [2.05, 4.69) is 10.6 Å². The highest BCUT2D eigenvalue weighted by Crippen LogP contribution is 2.29. The fourth-order valence-electron chi connectivity index (χ4n) is 2.12. The molecule has 1 aliphatic carbocycles. The molecule has 0 aromatic heterocycles. The lowest BCUT2D eigenvalue weighted by atomic mass is 10.2. The first kappa shape index (κ1) is 20.5. The third kappa shape index (κ3) is 6.47.